The van der Waals surface area contributed by atoms with Gasteiger partial charge in [-0.3, -0.25) is 0 Å². The van der Waals surface area contributed by atoms with Gasteiger partial charge >= 0.3 is 0 Å². The quantitative estimate of drug-likeness (QED) is 0.193. The van der Waals surface area contributed by atoms with Crippen molar-refractivity contribution in [3.8, 4) is 33.4 Å². The van der Waals surface area contributed by atoms with Crippen molar-refractivity contribution < 1.29 is 8.83 Å². The molecule has 10 rings (SSSR count). The van der Waals surface area contributed by atoms with Gasteiger partial charge in [0.05, 0.1) is 0 Å². The lowest BCUT2D eigenvalue weighted by Gasteiger charge is -2.18. The van der Waals surface area contributed by atoms with Crippen LogP contribution < -0.4 is 0 Å². The second-order valence-corrected chi connectivity index (χ2v) is 12.0. The molecule has 0 spiro atoms. The van der Waals surface area contributed by atoms with Crippen LogP contribution in [-0.4, -0.2) is 0 Å². The van der Waals surface area contributed by atoms with E-state index < -0.39 is 0 Å². The number of para-hydroxylation sites is 2. The molecule has 0 unspecified atom stereocenters. The maximum Gasteiger partial charge on any atom is 0.179 e. The van der Waals surface area contributed by atoms with Gasteiger partial charge in [0.2, 0.25) is 0 Å². The highest BCUT2D eigenvalue weighted by Crippen LogP contribution is 2.46. The number of fused-ring (bicyclic) bond motifs is 9. The van der Waals surface area contributed by atoms with Gasteiger partial charge in [0.25, 0.3) is 0 Å². The second-order valence-electron chi connectivity index (χ2n) is 12.0. The van der Waals surface area contributed by atoms with E-state index >= 15 is 0 Å². The van der Waals surface area contributed by atoms with Crippen molar-refractivity contribution in [2.45, 2.75) is 0 Å². The minimum Gasteiger partial charge on any atom is -0.452 e. The van der Waals surface area contributed by atoms with Crippen LogP contribution in [-0.2, 0) is 0 Å². The van der Waals surface area contributed by atoms with E-state index in [0.29, 0.717) is 0 Å². The van der Waals surface area contributed by atoms with Crippen LogP contribution in [0.25, 0.3) is 98.8 Å². The number of benzene rings is 8. The predicted octanol–water partition coefficient (Wildman–Crippen LogP) is 12.8. The Balaban J connectivity index is 1.23. The van der Waals surface area contributed by atoms with Gasteiger partial charge in [-0.2, -0.15) is 0 Å². The third-order valence-corrected chi connectivity index (χ3v) is 9.47. The summed E-state index contributed by atoms with van der Waals surface area (Å²) >= 11 is 0. The molecule has 0 saturated carbocycles. The Bertz CT molecular complexity index is 2720. The minimum absolute atomic E-state index is 0.794. The molecule has 0 aliphatic heterocycles. The summed E-state index contributed by atoms with van der Waals surface area (Å²) < 4.78 is 12.9. The molecule has 10 aromatic rings. The molecule has 2 heteroatoms. The lowest BCUT2D eigenvalue weighted by Crippen LogP contribution is -1.90. The van der Waals surface area contributed by atoms with Crippen LogP contribution in [0.1, 0.15) is 0 Å². The Kier molecular flexibility index (Phi) is 5.31. The van der Waals surface area contributed by atoms with Crippen molar-refractivity contribution in [1.82, 2.24) is 0 Å². The Morgan fingerprint density at radius 1 is 0.304 bits per heavy atom. The molecule has 0 radical (unpaired) electrons. The Morgan fingerprint density at radius 3 is 1.35 bits per heavy atom. The predicted molar refractivity (Wildman–Crippen MR) is 192 cm³/mol. The van der Waals surface area contributed by atoms with Crippen LogP contribution in [0.2, 0.25) is 0 Å². The number of hydrogen-bond acceptors (Lipinski definition) is 2. The number of furan rings is 2. The molecular weight excluding hydrogens is 560 g/mol. The maximum absolute atomic E-state index is 6.50. The summed E-state index contributed by atoms with van der Waals surface area (Å²) in [5, 5.41) is 9.35. The zero-order valence-electron chi connectivity index (χ0n) is 24.8. The van der Waals surface area contributed by atoms with Crippen LogP contribution in [0.4, 0.5) is 0 Å². The lowest BCUT2D eigenvalue weighted by atomic mass is 9.85. The molecule has 2 nitrogen and oxygen atoms in total. The SMILES string of the molecule is c1ccc(-c2c3ccccc3c(-c3ccc(-c4cc5c6ccccc6oc5c5oc6ccccc6c45)cc3)c3ccccc23)cc1. The van der Waals surface area contributed by atoms with E-state index in [4.69, 9.17) is 8.83 Å². The Hall–Kier alpha value is -6.12. The molecule has 46 heavy (non-hydrogen) atoms. The monoisotopic (exact) mass is 586 g/mol. The average molecular weight is 587 g/mol. The standard InChI is InChI=1S/C44H26O2/c1-2-12-28(13-3-1)40-31-15-4-6-17-33(31)41(34-18-7-5-16-32(34)40)29-24-22-27(23-25-29)36-26-37-30-14-8-10-20-38(30)45-43(37)44-42(36)35-19-9-11-21-39(35)46-44/h1-26H. The average Bonchev–Trinajstić information content (AvgIpc) is 3.70. The van der Waals surface area contributed by atoms with E-state index in [9.17, 15) is 0 Å². The van der Waals surface area contributed by atoms with E-state index in [1.54, 1.807) is 0 Å². The molecule has 0 bridgehead atoms. The van der Waals surface area contributed by atoms with Gasteiger partial charge in [0.1, 0.15) is 11.2 Å². The molecule has 0 aliphatic carbocycles. The summed E-state index contributed by atoms with van der Waals surface area (Å²) in [6.45, 7) is 0. The fourth-order valence-electron chi connectivity index (χ4n) is 7.47. The summed E-state index contributed by atoms with van der Waals surface area (Å²) in [5.41, 5.74) is 10.6. The van der Waals surface area contributed by atoms with Crippen molar-refractivity contribution in [2.75, 3.05) is 0 Å². The van der Waals surface area contributed by atoms with Crippen molar-refractivity contribution in [1.29, 1.82) is 0 Å². The maximum atomic E-state index is 6.50. The third-order valence-electron chi connectivity index (χ3n) is 9.47. The van der Waals surface area contributed by atoms with Crippen molar-refractivity contribution in [3.05, 3.63) is 158 Å². The van der Waals surface area contributed by atoms with Crippen LogP contribution in [0, 0.1) is 0 Å². The third kappa shape index (κ3) is 3.59. The molecule has 0 N–H and O–H groups in total. The van der Waals surface area contributed by atoms with Gasteiger partial charge in [-0.25, -0.2) is 0 Å². The lowest BCUT2D eigenvalue weighted by molar-refractivity contribution is 0.633. The number of hydrogen-bond donors (Lipinski definition) is 0. The highest BCUT2D eigenvalue weighted by molar-refractivity contribution is 6.24. The van der Waals surface area contributed by atoms with Crippen LogP contribution >= 0.6 is 0 Å². The zero-order valence-corrected chi connectivity index (χ0v) is 24.8. The minimum atomic E-state index is 0.794. The van der Waals surface area contributed by atoms with Gasteiger partial charge in [-0.05, 0) is 73.1 Å². The largest absolute Gasteiger partial charge is 0.452 e. The van der Waals surface area contributed by atoms with E-state index in [-0.39, 0.29) is 0 Å². The Morgan fingerprint density at radius 2 is 0.739 bits per heavy atom. The van der Waals surface area contributed by atoms with Crippen LogP contribution in [0.5, 0.6) is 0 Å². The normalized spacial score (nSPS) is 11.9. The van der Waals surface area contributed by atoms with Gasteiger partial charge in [-0.1, -0.05) is 140 Å². The molecular formula is C44H26O2. The highest BCUT2D eigenvalue weighted by atomic mass is 16.4. The fourth-order valence-corrected chi connectivity index (χ4v) is 7.47. The van der Waals surface area contributed by atoms with E-state index in [1.807, 2.05) is 24.3 Å². The van der Waals surface area contributed by atoms with Gasteiger partial charge < -0.3 is 8.83 Å². The fraction of sp³-hybridized carbons (Fsp3) is 0. The Labute approximate surface area is 264 Å². The van der Waals surface area contributed by atoms with E-state index in [2.05, 4.69) is 133 Å². The first-order chi connectivity index (χ1) is 22.8. The summed E-state index contributed by atoms with van der Waals surface area (Å²) in [7, 11) is 0. The molecule has 0 atom stereocenters. The smallest absolute Gasteiger partial charge is 0.179 e. The molecule has 214 valence electrons. The van der Waals surface area contributed by atoms with Gasteiger partial charge in [0.15, 0.2) is 11.2 Å². The summed E-state index contributed by atoms with van der Waals surface area (Å²) in [4.78, 5) is 0. The van der Waals surface area contributed by atoms with E-state index in [0.717, 1.165) is 55.0 Å². The first-order valence-electron chi connectivity index (χ1n) is 15.7. The van der Waals surface area contributed by atoms with Crippen molar-refractivity contribution >= 4 is 65.4 Å². The number of rotatable bonds is 3. The van der Waals surface area contributed by atoms with Crippen molar-refractivity contribution in [2.24, 2.45) is 0 Å². The molecule has 0 aliphatic rings. The van der Waals surface area contributed by atoms with Crippen molar-refractivity contribution in [3.63, 3.8) is 0 Å². The molecule has 0 fully saturated rings. The first kappa shape index (κ1) is 25.2. The molecule has 0 saturated heterocycles. The molecule has 2 heterocycles. The van der Waals surface area contributed by atoms with Crippen LogP contribution in [0.15, 0.2) is 167 Å². The van der Waals surface area contributed by atoms with Gasteiger partial charge in [-0.15, -0.1) is 0 Å². The second kappa shape index (κ2) is 9.69. The first-order valence-corrected chi connectivity index (χ1v) is 15.7. The van der Waals surface area contributed by atoms with Crippen LogP contribution in [0.3, 0.4) is 0 Å². The molecule has 8 aromatic carbocycles. The molecule has 0 amide bonds. The van der Waals surface area contributed by atoms with E-state index in [1.165, 1.54) is 43.8 Å². The topological polar surface area (TPSA) is 26.3 Å². The summed E-state index contributed by atoms with van der Waals surface area (Å²) in [6.07, 6.45) is 0. The summed E-state index contributed by atoms with van der Waals surface area (Å²) in [6, 6.07) is 56.2. The highest BCUT2D eigenvalue weighted by Gasteiger charge is 2.21. The zero-order chi connectivity index (χ0) is 30.2. The summed E-state index contributed by atoms with van der Waals surface area (Å²) in [5.74, 6) is 0. The van der Waals surface area contributed by atoms with Gasteiger partial charge in [0, 0.05) is 21.5 Å². The molecule has 2 aromatic heterocycles.